The molecule has 2 N–H and O–H groups in total. The number of amidine groups is 2. The second-order valence-corrected chi connectivity index (χ2v) is 8.03. The van der Waals surface area contributed by atoms with Gasteiger partial charge in [0, 0.05) is 13.1 Å². The van der Waals surface area contributed by atoms with Crippen LogP contribution in [-0.4, -0.2) is 56.5 Å². The zero-order valence-electron chi connectivity index (χ0n) is 14.0. The number of unbranched alkanes of at least 4 members (excludes halogenated alkanes) is 7. The van der Waals surface area contributed by atoms with Gasteiger partial charge in [-0.05, 0) is 12.8 Å². The van der Waals surface area contributed by atoms with E-state index in [9.17, 15) is 9.59 Å². The second kappa shape index (κ2) is 10.1. The minimum atomic E-state index is 0.0768. The number of carbonyl (C=O) groups excluding carboxylic acids is 2. The van der Waals surface area contributed by atoms with E-state index in [1.54, 1.807) is 9.80 Å². The first kappa shape index (κ1) is 19.3. The molecule has 0 spiro atoms. The summed E-state index contributed by atoms with van der Waals surface area (Å²) in [4.78, 5) is 26.2. The maximum atomic E-state index is 11.5. The summed E-state index contributed by atoms with van der Waals surface area (Å²) < 4.78 is 0. The Morgan fingerprint density at radius 2 is 1.00 bits per heavy atom. The van der Waals surface area contributed by atoms with Crippen LogP contribution in [0.5, 0.6) is 0 Å². The molecule has 6 nitrogen and oxygen atoms in total. The Balaban J connectivity index is 1.39. The van der Waals surface area contributed by atoms with E-state index in [4.69, 9.17) is 10.8 Å². The number of nitrogens with zero attached hydrogens (tertiary/aromatic N) is 2. The fraction of sp³-hybridized carbons (Fsp3) is 0.750. The third-order valence-electron chi connectivity index (χ3n) is 4.27. The van der Waals surface area contributed by atoms with E-state index in [2.05, 4.69) is 0 Å². The van der Waals surface area contributed by atoms with Gasteiger partial charge < -0.3 is 0 Å². The molecule has 0 aliphatic carbocycles. The fourth-order valence-electron chi connectivity index (χ4n) is 2.85. The van der Waals surface area contributed by atoms with Crippen LogP contribution in [-0.2, 0) is 9.59 Å². The van der Waals surface area contributed by atoms with E-state index in [1.807, 2.05) is 0 Å². The molecule has 2 amide bonds. The van der Waals surface area contributed by atoms with Crippen LogP contribution in [0.4, 0.5) is 0 Å². The van der Waals surface area contributed by atoms with Gasteiger partial charge in [0.1, 0.15) is 0 Å². The van der Waals surface area contributed by atoms with E-state index in [0.717, 1.165) is 25.7 Å². The predicted molar refractivity (Wildman–Crippen MR) is 101 cm³/mol. The second-order valence-electron chi connectivity index (χ2n) is 6.11. The topological polar surface area (TPSA) is 88.3 Å². The number of rotatable bonds is 11. The summed E-state index contributed by atoms with van der Waals surface area (Å²) in [6.07, 6.45) is 8.93. The summed E-state index contributed by atoms with van der Waals surface area (Å²) in [6.45, 7) is 1.39. The van der Waals surface area contributed by atoms with Gasteiger partial charge in [-0.25, -0.2) is 0 Å². The molecule has 0 atom stereocenters. The van der Waals surface area contributed by atoms with E-state index in [1.165, 1.54) is 49.2 Å². The quantitative estimate of drug-likeness (QED) is 0.547. The van der Waals surface area contributed by atoms with Crippen LogP contribution in [0.15, 0.2) is 0 Å². The molecule has 24 heavy (non-hydrogen) atoms. The van der Waals surface area contributed by atoms with Gasteiger partial charge in [-0.3, -0.25) is 30.2 Å². The summed E-state index contributed by atoms with van der Waals surface area (Å²) in [5.74, 6) is 1.01. The molecule has 0 aromatic rings. The normalized spacial score (nSPS) is 18.3. The van der Waals surface area contributed by atoms with Crippen molar-refractivity contribution in [2.24, 2.45) is 0 Å². The molecule has 2 aliphatic heterocycles. The lowest BCUT2D eigenvalue weighted by Crippen LogP contribution is -2.29. The van der Waals surface area contributed by atoms with Crippen molar-refractivity contribution in [3.8, 4) is 0 Å². The van der Waals surface area contributed by atoms with Crippen molar-refractivity contribution in [3.05, 3.63) is 0 Å². The van der Waals surface area contributed by atoms with Crippen molar-refractivity contribution in [1.29, 1.82) is 10.8 Å². The first-order valence-electron chi connectivity index (χ1n) is 8.63. The summed E-state index contributed by atoms with van der Waals surface area (Å²) in [5.41, 5.74) is 0. The lowest BCUT2D eigenvalue weighted by Gasteiger charge is -2.14. The Morgan fingerprint density at radius 3 is 1.29 bits per heavy atom. The van der Waals surface area contributed by atoms with Crippen LogP contribution in [0.1, 0.15) is 51.4 Å². The van der Waals surface area contributed by atoms with Gasteiger partial charge in [0.05, 0.1) is 11.5 Å². The van der Waals surface area contributed by atoms with Crippen molar-refractivity contribution in [2.45, 2.75) is 51.4 Å². The minimum Gasteiger partial charge on any atom is -0.291 e. The lowest BCUT2D eigenvalue weighted by atomic mass is 10.1. The third-order valence-corrected chi connectivity index (χ3v) is 6.04. The molecular formula is C16H26N4O2S2. The number of amides is 2. The Hall–Kier alpha value is -1.02. The van der Waals surface area contributed by atoms with Gasteiger partial charge in [0.15, 0.2) is 10.3 Å². The molecule has 0 aromatic carbocycles. The minimum absolute atomic E-state index is 0.0768. The summed E-state index contributed by atoms with van der Waals surface area (Å²) in [6, 6.07) is 0. The first-order valence-corrected chi connectivity index (χ1v) is 10.6. The molecule has 134 valence electrons. The summed E-state index contributed by atoms with van der Waals surface area (Å²) in [7, 11) is 0. The van der Waals surface area contributed by atoms with Crippen LogP contribution >= 0.6 is 23.5 Å². The van der Waals surface area contributed by atoms with Gasteiger partial charge in [0.25, 0.3) is 0 Å². The number of nitrogens with one attached hydrogen (secondary N) is 2. The Labute approximate surface area is 152 Å². The first-order chi connectivity index (χ1) is 11.6. The average molecular weight is 371 g/mol. The Bertz CT molecular complexity index is 422. The van der Waals surface area contributed by atoms with Crippen LogP contribution in [0.3, 0.4) is 0 Å². The van der Waals surface area contributed by atoms with E-state index in [0.29, 0.717) is 34.9 Å². The monoisotopic (exact) mass is 370 g/mol. The summed E-state index contributed by atoms with van der Waals surface area (Å²) in [5, 5.41) is 16.1. The van der Waals surface area contributed by atoms with Crippen LogP contribution in [0, 0.1) is 10.8 Å². The average Bonchev–Trinajstić information content (AvgIpc) is 3.05. The molecule has 2 aliphatic rings. The Morgan fingerprint density at radius 1 is 0.667 bits per heavy atom. The van der Waals surface area contributed by atoms with Crippen molar-refractivity contribution < 1.29 is 9.59 Å². The van der Waals surface area contributed by atoms with Crippen molar-refractivity contribution in [2.75, 3.05) is 24.6 Å². The zero-order valence-corrected chi connectivity index (χ0v) is 15.6. The van der Waals surface area contributed by atoms with Crippen molar-refractivity contribution in [3.63, 3.8) is 0 Å². The maximum absolute atomic E-state index is 11.5. The van der Waals surface area contributed by atoms with Crippen LogP contribution in [0.25, 0.3) is 0 Å². The van der Waals surface area contributed by atoms with Gasteiger partial charge >= 0.3 is 0 Å². The third kappa shape index (κ3) is 5.81. The van der Waals surface area contributed by atoms with Crippen molar-refractivity contribution in [1.82, 2.24) is 9.80 Å². The largest absolute Gasteiger partial charge is 0.291 e. The fourth-order valence-corrected chi connectivity index (χ4v) is 4.38. The molecule has 8 heteroatoms. The Kier molecular flexibility index (Phi) is 8.11. The van der Waals surface area contributed by atoms with Gasteiger partial charge in [-0.2, -0.15) is 0 Å². The van der Waals surface area contributed by atoms with Gasteiger partial charge in [-0.15, -0.1) is 0 Å². The number of thioether (sulfide) groups is 2. The van der Waals surface area contributed by atoms with Crippen molar-refractivity contribution >= 4 is 45.7 Å². The molecule has 0 saturated carbocycles. The maximum Gasteiger partial charge on any atom is 0.239 e. The molecule has 0 unspecified atom stereocenters. The number of carbonyl (C=O) groups is 2. The smallest absolute Gasteiger partial charge is 0.239 e. The van der Waals surface area contributed by atoms with E-state index >= 15 is 0 Å². The van der Waals surface area contributed by atoms with Crippen LogP contribution < -0.4 is 0 Å². The molecule has 2 rings (SSSR count). The van der Waals surface area contributed by atoms with E-state index < -0.39 is 0 Å². The SMILES string of the molecule is N=C1SCC(=O)N1CCCCCCCCCCN1C(=N)SCC1=O. The number of hydrogen-bond donors (Lipinski definition) is 2. The molecular weight excluding hydrogens is 344 g/mol. The molecule has 2 fully saturated rings. The van der Waals surface area contributed by atoms with E-state index in [-0.39, 0.29) is 11.8 Å². The molecule has 0 radical (unpaired) electrons. The molecule has 0 bridgehead atoms. The molecule has 2 saturated heterocycles. The van der Waals surface area contributed by atoms with Gasteiger partial charge in [0.2, 0.25) is 11.8 Å². The predicted octanol–water partition coefficient (Wildman–Crippen LogP) is 3.13. The zero-order chi connectivity index (χ0) is 17.4. The van der Waals surface area contributed by atoms with Gasteiger partial charge in [-0.1, -0.05) is 62.0 Å². The highest BCUT2D eigenvalue weighted by atomic mass is 32.2. The highest BCUT2D eigenvalue weighted by Crippen LogP contribution is 2.20. The number of hydrogen-bond acceptors (Lipinski definition) is 6. The highest BCUT2D eigenvalue weighted by Gasteiger charge is 2.26. The standard InChI is InChI=1S/C16H26N4O2S2/c17-15-19(13(21)11-23-15)9-7-5-3-1-2-4-6-8-10-20-14(22)12-24-16(20)18/h17-18H,1-12H2. The highest BCUT2D eigenvalue weighted by molar-refractivity contribution is 8.15. The lowest BCUT2D eigenvalue weighted by molar-refractivity contribution is -0.125. The molecule has 2 heterocycles. The summed E-state index contributed by atoms with van der Waals surface area (Å²) >= 11 is 2.65. The van der Waals surface area contributed by atoms with Crippen LogP contribution in [0.2, 0.25) is 0 Å². The molecule has 0 aromatic heterocycles.